The normalized spacial score (nSPS) is 17.9. The summed E-state index contributed by atoms with van der Waals surface area (Å²) in [6.45, 7) is 5.48. The Morgan fingerprint density at radius 3 is 2.41 bits per heavy atom. The maximum absolute atomic E-state index is 14.8. The number of aryl methyl sites for hydroxylation is 1. The van der Waals surface area contributed by atoms with E-state index in [4.69, 9.17) is 4.74 Å². The SMILES string of the molecule is Cc1nnc(N2C(=O)C(=O)C(=C(O)c3ccc(OC(C)C)cc3)[C@@H]2c2ccccc2F)s1. The number of halogens is 1. The lowest BCUT2D eigenvalue weighted by Gasteiger charge is -2.22. The summed E-state index contributed by atoms with van der Waals surface area (Å²) in [4.78, 5) is 27.1. The number of ketones is 1. The van der Waals surface area contributed by atoms with Crippen molar-refractivity contribution in [2.75, 3.05) is 4.90 Å². The van der Waals surface area contributed by atoms with Gasteiger partial charge in [-0.3, -0.25) is 14.5 Å². The lowest BCUT2D eigenvalue weighted by molar-refractivity contribution is -0.132. The van der Waals surface area contributed by atoms with Gasteiger partial charge >= 0.3 is 5.91 Å². The predicted molar refractivity (Wildman–Crippen MR) is 118 cm³/mol. The molecule has 1 N–H and O–H groups in total. The Balaban J connectivity index is 1.87. The van der Waals surface area contributed by atoms with Gasteiger partial charge in [-0.05, 0) is 51.1 Å². The van der Waals surface area contributed by atoms with Crippen molar-refractivity contribution in [3.05, 3.63) is 76.1 Å². The summed E-state index contributed by atoms with van der Waals surface area (Å²) >= 11 is 1.10. The molecule has 9 heteroatoms. The Morgan fingerprint density at radius 2 is 1.81 bits per heavy atom. The highest BCUT2D eigenvalue weighted by atomic mass is 32.1. The Bertz CT molecular complexity index is 1220. The molecule has 2 aromatic carbocycles. The number of aromatic nitrogens is 2. The molecule has 164 valence electrons. The van der Waals surface area contributed by atoms with Crippen molar-refractivity contribution in [1.29, 1.82) is 0 Å². The van der Waals surface area contributed by atoms with Crippen LogP contribution < -0.4 is 9.64 Å². The van der Waals surface area contributed by atoms with Crippen LogP contribution in [0.15, 0.2) is 54.1 Å². The predicted octanol–water partition coefficient (Wildman–Crippen LogP) is 4.40. The second-order valence-electron chi connectivity index (χ2n) is 7.49. The number of Topliss-reactive ketones (excluding diaryl/α,β-unsaturated/α-hetero) is 1. The van der Waals surface area contributed by atoms with Gasteiger partial charge in [0.2, 0.25) is 5.13 Å². The molecule has 1 fully saturated rings. The maximum Gasteiger partial charge on any atom is 0.301 e. The Labute approximate surface area is 187 Å². The number of benzene rings is 2. The van der Waals surface area contributed by atoms with E-state index in [-0.39, 0.29) is 22.4 Å². The molecule has 4 rings (SSSR count). The van der Waals surface area contributed by atoms with Crippen molar-refractivity contribution >= 4 is 33.9 Å². The number of amides is 1. The van der Waals surface area contributed by atoms with Crippen molar-refractivity contribution in [3.8, 4) is 5.75 Å². The number of aliphatic hydroxyl groups is 1. The molecular formula is C23H20FN3O4S. The summed E-state index contributed by atoms with van der Waals surface area (Å²) in [7, 11) is 0. The zero-order chi connectivity index (χ0) is 23.0. The number of carbonyl (C=O) groups is 2. The zero-order valence-electron chi connectivity index (χ0n) is 17.6. The molecule has 1 aromatic heterocycles. The van der Waals surface area contributed by atoms with Crippen LogP contribution in [-0.4, -0.2) is 33.1 Å². The number of hydrogen-bond donors (Lipinski definition) is 1. The summed E-state index contributed by atoms with van der Waals surface area (Å²) in [5.74, 6) is -2.26. The van der Waals surface area contributed by atoms with Crippen LogP contribution in [0, 0.1) is 12.7 Å². The fraction of sp³-hybridized carbons (Fsp3) is 0.217. The molecule has 1 aliphatic rings. The van der Waals surface area contributed by atoms with Crippen LogP contribution in [-0.2, 0) is 9.59 Å². The first kappa shape index (κ1) is 21.6. The van der Waals surface area contributed by atoms with Crippen LogP contribution in [0.4, 0.5) is 9.52 Å². The van der Waals surface area contributed by atoms with E-state index in [0.29, 0.717) is 16.3 Å². The van der Waals surface area contributed by atoms with Crippen molar-refractivity contribution < 1.29 is 23.8 Å². The number of carbonyl (C=O) groups excluding carboxylic acids is 2. The molecule has 3 aromatic rings. The lowest BCUT2D eigenvalue weighted by Crippen LogP contribution is -2.29. The fourth-order valence-electron chi connectivity index (χ4n) is 3.52. The van der Waals surface area contributed by atoms with E-state index in [1.807, 2.05) is 13.8 Å². The highest BCUT2D eigenvalue weighted by Crippen LogP contribution is 2.43. The topological polar surface area (TPSA) is 92.6 Å². The number of nitrogens with zero attached hydrogens (tertiary/aromatic N) is 3. The van der Waals surface area contributed by atoms with Crippen molar-refractivity contribution in [2.45, 2.75) is 32.9 Å². The van der Waals surface area contributed by atoms with Gasteiger partial charge in [-0.25, -0.2) is 4.39 Å². The second kappa shape index (κ2) is 8.51. The molecule has 1 amide bonds. The van der Waals surface area contributed by atoms with Gasteiger partial charge in [-0.15, -0.1) is 10.2 Å². The average Bonchev–Trinajstić information content (AvgIpc) is 3.29. The van der Waals surface area contributed by atoms with Crippen molar-refractivity contribution in [1.82, 2.24) is 10.2 Å². The van der Waals surface area contributed by atoms with E-state index in [1.165, 1.54) is 18.2 Å². The zero-order valence-corrected chi connectivity index (χ0v) is 18.4. The smallest absolute Gasteiger partial charge is 0.301 e. The summed E-state index contributed by atoms with van der Waals surface area (Å²) in [5.41, 5.74) is 0.153. The molecule has 1 aliphatic heterocycles. The monoisotopic (exact) mass is 453 g/mol. The van der Waals surface area contributed by atoms with Gasteiger partial charge in [0.1, 0.15) is 28.4 Å². The minimum Gasteiger partial charge on any atom is -0.507 e. The second-order valence-corrected chi connectivity index (χ2v) is 8.65. The van der Waals surface area contributed by atoms with Crippen molar-refractivity contribution in [2.24, 2.45) is 0 Å². The summed E-state index contributed by atoms with van der Waals surface area (Å²) < 4.78 is 20.4. The number of aliphatic hydroxyl groups excluding tert-OH is 1. The molecule has 0 aliphatic carbocycles. The number of ether oxygens (including phenoxy) is 1. The van der Waals surface area contributed by atoms with Crippen LogP contribution >= 0.6 is 11.3 Å². The largest absolute Gasteiger partial charge is 0.507 e. The molecule has 0 radical (unpaired) electrons. The molecule has 32 heavy (non-hydrogen) atoms. The minimum atomic E-state index is -1.19. The van der Waals surface area contributed by atoms with Crippen LogP contribution in [0.1, 0.15) is 36.0 Å². The molecule has 2 heterocycles. The van der Waals surface area contributed by atoms with Gasteiger partial charge in [0, 0.05) is 11.1 Å². The Kier molecular flexibility index (Phi) is 5.75. The highest BCUT2D eigenvalue weighted by Gasteiger charge is 2.49. The molecule has 0 unspecified atom stereocenters. The number of anilines is 1. The summed E-state index contributed by atoms with van der Waals surface area (Å²) in [5, 5.41) is 19.7. The lowest BCUT2D eigenvalue weighted by atomic mass is 9.95. The molecular weight excluding hydrogens is 433 g/mol. The molecule has 1 atom stereocenters. The Hall–Kier alpha value is -3.59. The van der Waals surface area contributed by atoms with E-state index in [2.05, 4.69) is 10.2 Å². The van der Waals surface area contributed by atoms with Crippen LogP contribution in [0.2, 0.25) is 0 Å². The van der Waals surface area contributed by atoms with Gasteiger partial charge in [-0.2, -0.15) is 0 Å². The maximum atomic E-state index is 14.8. The first-order valence-electron chi connectivity index (χ1n) is 9.90. The third kappa shape index (κ3) is 3.87. The molecule has 0 spiro atoms. The number of rotatable bonds is 5. The van der Waals surface area contributed by atoms with Gasteiger partial charge in [0.15, 0.2) is 0 Å². The summed E-state index contributed by atoms with van der Waals surface area (Å²) in [6, 6.07) is 11.1. The average molecular weight is 453 g/mol. The first-order valence-corrected chi connectivity index (χ1v) is 10.7. The third-order valence-electron chi connectivity index (χ3n) is 4.87. The van der Waals surface area contributed by atoms with Crippen LogP contribution in [0.5, 0.6) is 5.75 Å². The van der Waals surface area contributed by atoms with Gasteiger partial charge in [0.25, 0.3) is 5.78 Å². The van der Waals surface area contributed by atoms with E-state index in [9.17, 15) is 19.1 Å². The standard InChI is InChI=1S/C23H20FN3O4S/c1-12(2)31-15-10-8-14(9-11-15)20(28)18-19(16-6-4-5-7-17(16)24)27(22(30)21(18)29)23-26-25-13(3)32-23/h4-12,19,28H,1-3H3/t19-/m0/s1. The van der Waals surface area contributed by atoms with E-state index in [0.717, 1.165) is 16.2 Å². The molecule has 0 bridgehead atoms. The van der Waals surface area contributed by atoms with Crippen LogP contribution in [0.3, 0.4) is 0 Å². The van der Waals surface area contributed by atoms with Gasteiger partial charge in [0.05, 0.1) is 11.7 Å². The quantitative estimate of drug-likeness (QED) is 0.350. The summed E-state index contributed by atoms with van der Waals surface area (Å²) in [6.07, 6.45) is -0.0313. The first-order chi connectivity index (χ1) is 15.3. The fourth-order valence-corrected chi connectivity index (χ4v) is 4.24. The molecule has 1 saturated heterocycles. The highest BCUT2D eigenvalue weighted by molar-refractivity contribution is 7.15. The molecule has 7 nitrogen and oxygen atoms in total. The van der Waals surface area contributed by atoms with Gasteiger partial charge in [-0.1, -0.05) is 29.5 Å². The van der Waals surface area contributed by atoms with Gasteiger partial charge < -0.3 is 9.84 Å². The third-order valence-corrected chi connectivity index (χ3v) is 5.70. The van der Waals surface area contributed by atoms with E-state index >= 15 is 0 Å². The van der Waals surface area contributed by atoms with E-state index < -0.39 is 29.3 Å². The Morgan fingerprint density at radius 1 is 1.12 bits per heavy atom. The van der Waals surface area contributed by atoms with Crippen molar-refractivity contribution in [3.63, 3.8) is 0 Å². The number of hydrogen-bond acceptors (Lipinski definition) is 7. The molecule has 0 saturated carbocycles. The van der Waals surface area contributed by atoms with Crippen LogP contribution in [0.25, 0.3) is 5.76 Å². The van der Waals surface area contributed by atoms with E-state index in [1.54, 1.807) is 37.3 Å². The minimum absolute atomic E-state index is 0.0313.